The number of amides is 2. The SMILES string of the molecule is Cc1nc(NC(=O)CN2CCCC(C(=O)Nc3ccc(F)cn3)C2)sc1C. The molecule has 1 aliphatic heterocycles. The lowest BCUT2D eigenvalue weighted by molar-refractivity contribution is -0.123. The van der Waals surface area contributed by atoms with Crippen molar-refractivity contribution in [2.24, 2.45) is 5.92 Å². The van der Waals surface area contributed by atoms with Gasteiger partial charge >= 0.3 is 0 Å². The number of nitrogens with one attached hydrogen (secondary N) is 2. The van der Waals surface area contributed by atoms with Crippen LogP contribution < -0.4 is 10.6 Å². The molecule has 7 nitrogen and oxygen atoms in total. The first kappa shape index (κ1) is 19.4. The Morgan fingerprint density at radius 2 is 2.15 bits per heavy atom. The first-order chi connectivity index (χ1) is 12.9. The van der Waals surface area contributed by atoms with E-state index >= 15 is 0 Å². The van der Waals surface area contributed by atoms with Crippen LogP contribution in [0.3, 0.4) is 0 Å². The van der Waals surface area contributed by atoms with Crippen molar-refractivity contribution in [3.63, 3.8) is 0 Å². The molecule has 2 N–H and O–H groups in total. The largest absolute Gasteiger partial charge is 0.310 e. The zero-order valence-corrected chi connectivity index (χ0v) is 16.1. The summed E-state index contributed by atoms with van der Waals surface area (Å²) in [4.78, 5) is 35.9. The van der Waals surface area contributed by atoms with E-state index in [4.69, 9.17) is 0 Å². The molecule has 2 amide bonds. The van der Waals surface area contributed by atoms with Gasteiger partial charge in [-0.15, -0.1) is 11.3 Å². The highest BCUT2D eigenvalue weighted by molar-refractivity contribution is 7.15. The number of hydrogen-bond donors (Lipinski definition) is 2. The summed E-state index contributed by atoms with van der Waals surface area (Å²) in [5.74, 6) is -0.655. The third-order valence-corrected chi connectivity index (χ3v) is 5.49. The number of carbonyl (C=O) groups excluding carboxylic acids is 2. The van der Waals surface area contributed by atoms with Crippen LogP contribution >= 0.6 is 11.3 Å². The minimum Gasteiger partial charge on any atom is -0.310 e. The molecule has 0 spiro atoms. The van der Waals surface area contributed by atoms with E-state index in [0.717, 1.165) is 36.2 Å². The maximum Gasteiger partial charge on any atom is 0.240 e. The van der Waals surface area contributed by atoms with E-state index in [1.807, 2.05) is 18.7 Å². The normalized spacial score (nSPS) is 17.5. The minimum absolute atomic E-state index is 0.134. The van der Waals surface area contributed by atoms with Crippen molar-refractivity contribution in [3.05, 3.63) is 34.7 Å². The van der Waals surface area contributed by atoms with Gasteiger partial charge in [-0.3, -0.25) is 14.5 Å². The summed E-state index contributed by atoms with van der Waals surface area (Å²) < 4.78 is 12.9. The summed E-state index contributed by atoms with van der Waals surface area (Å²) in [5.41, 5.74) is 0.916. The Balaban J connectivity index is 1.51. The van der Waals surface area contributed by atoms with Crippen molar-refractivity contribution in [1.82, 2.24) is 14.9 Å². The minimum atomic E-state index is -0.450. The second-order valence-corrected chi connectivity index (χ2v) is 7.84. The third kappa shape index (κ3) is 5.30. The second kappa shape index (κ2) is 8.53. The zero-order valence-electron chi connectivity index (χ0n) is 15.3. The predicted molar refractivity (Wildman–Crippen MR) is 102 cm³/mol. The fourth-order valence-electron chi connectivity index (χ4n) is 2.98. The van der Waals surface area contributed by atoms with Crippen molar-refractivity contribution in [1.29, 1.82) is 0 Å². The summed E-state index contributed by atoms with van der Waals surface area (Å²) in [6.45, 7) is 5.35. The lowest BCUT2D eigenvalue weighted by Crippen LogP contribution is -2.44. The molecule has 0 aliphatic carbocycles. The van der Waals surface area contributed by atoms with Crippen LogP contribution in [0, 0.1) is 25.6 Å². The van der Waals surface area contributed by atoms with Gasteiger partial charge in [0.2, 0.25) is 11.8 Å². The Bertz CT molecular complexity index is 804. The molecule has 2 aromatic rings. The van der Waals surface area contributed by atoms with Gasteiger partial charge in [-0.05, 0) is 45.4 Å². The molecule has 144 valence electrons. The van der Waals surface area contributed by atoms with Crippen molar-refractivity contribution in [3.8, 4) is 0 Å². The number of carbonyl (C=O) groups is 2. The first-order valence-corrected chi connectivity index (χ1v) is 9.61. The maximum atomic E-state index is 12.9. The molecule has 1 atom stereocenters. The zero-order chi connectivity index (χ0) is 19.4. The van der Waals surface area contributed by atoms with E-state index in [1.165, 1.54) is 23.5 Å². The summed E-state index contributed by atoms with van der Waals surface area (Å²) in [5, 5.41) is 6.13. The van der Waals surface area contributed by atoms with Crippen LogP contribution in [0.4, 0.5) is 15.3 Å². The number of piperidine rings is 1. The summed E-state index contributed by atoms with van der Waals surface area (Å²) >= 11 is 1.45. The number of rotatable bonds is 5. The van der Waals surface area contributed by atoms with Gasteiger partial charge < -0.3 is 10.6 Å². The topological polar surface area (TPSA) is 87.2 Å². The Morgan fingerprint density at radius 3 is 2.81 bits per heavy atom. The average molecular weight is 391 g/mol. The number of hydrogen-bond acceptors (Lipinski definition) is 6. The fraction of sp³-hybridized carbons (Fsp3) is 0.444. The number of anilines is 2. The van der Waals surface area contributed by atoms with Crippen LogP contribution in [0.1, 0.15) is 23.4 Å². The predicted octanol–water partition coefficient (Wildman–Crippen LogP) is 2.58. The maximum absolute atomic E-state index is 12.9. The van der Waals surface area contributed by atoms with Gasteiger partial charge in [-0.1, -0.05) is 0 Å². The number of aromatic nitrogens is 2. The smallest absolute Gasteiger partial charge is 0.240 e. The van der Waals surface area contributed by atoms with Gasteiger partial charge in [0.25, 0.3) is 0 Å². The summed E-state index contributed by atoms with van der Waals surface area (Å²) in [6, 6.07) is 2.68. The number of pyridine rings is 1. The molecule has 1 saturated heterocycles. The molecule has 3 heterocycles. The Kier molecular flexibility index (Phi) is 6.12. The lowest BCUT2D eigenvalue weighted by atomic mass is 9.97. The van der Waals surface area contributed by atoms with Crippen molar-refractivity contribution in [2.75, 3.05) is 30.3 Å². The average Bonchev–Trinajstić information content (AvgIpc) is 2.94. The number of thiazole rings is 1. The Hall–Kier alpha value is -2.39. The molecule has 0 radical (unpaired) electrons. The quantitative estimate of drug-likeness (QED) is 0.818. The van der Waals surface area contributed by atoms with E-state index in [-0.39, 0.29) is 24.3 Å². The molecular formula is C18H22FN5O2S. The molecule has 27 heavy (non-hydrogen) atoms. The number of likely N-dealkylation sites (tertiary alicyclic amines) is 1. The Morgan fingerprint density at radius 1 is 1.33 bits per heavy atom. The van der Waals surface area contributed by atoms with E-state index in [9.17, 15) is 14.0 Å². The first-order valence-electron chi connectivity index (χ1n) is 8.79. The molecule has 0 aromatic carbocycles. The van der Waals surface area contributed by atoms with Crippen molar-refractivity contribution >= 4 is 34.1 Å². The molecule has 1 fully saturated rings. The fourth-order valence-corrected chi connectivity index (χ4v) is 3.81. The van der Waals surface area contributed by atoms with Gasteiger partial charge in [-0.25, -0.2) is 14.4 Å². The monoisotopic (exact) mass is 391 g/mol. The number of aryl methyl sites for hydroxylation is 2. The molecule has 0 saturated carbocycles. The van der Waals surface area contributed by atoms with Gasteiger partial charge in [0, 0.05) is 11.4 Å². The van der Waals surface area contributed by atoms with E-state index in [2.05, 4.69) is 20.6 Å². The van der Waals surface area contributed by atoms with Crippen LogP contribution in [0.15, 0.2) is 18.3 Å². The van der Waals surface area contributed by atoms with Gasteiger partial charge in [0.05, 0.1) is 24.4 Å². The van der Waals surface area contributed by atoms with E-state index < -0.39 is 5.82 Å². The molecule has 2 aromatic heterocycles. The number of halogens is 1. The highest BCUT2D eigenvalue weighted by atomic mass is 32.1. The molecular weight excluding hydrogens is 369 g/mol. The van der Waals surface area contributed by atoms with Crippen LogP contribution in [0.25, 0.3) is 0 Å². The van der Waals surface area contributed by atoms with E-state index in [1.54, 1.807) is 0 Å². The second-order valence-electron chi connectivity index (χ2n) is 6.63. The summed E-state index contributed by atoms with van der Waals surface area (Å²) in [6.07, 6.45) is 2.64. The van der Waals surface area contributed by atoms with Crippen molar-refractivity contribution in [2.45, 2.75) is 26.7 Å². The highest BCUT2D eigenvalue weighted by Crippen LogP contribution is 2.22. The van der Waals surface area contributed by atoms with Crippen LogP contribution in [0.5, 0.6) is 0 Å². The van der Waals surface area contributed by atoms with E-state index in [0.29, 0.717) is 17.5 Å². The molecule has 9 heteroatoms. The lowest BCUT2D eigenvalue weighted by Gasteiger charge is -2.31. The molecule has 1 unspecified atom stereocenters. The molecule has 1 aliphatic rings. The summed E-state index contributed by atoms with van der Waals surface area (Å²) in [7, 11) is 0. The molecule has 3 rings (SSSR count). The highest BCUT2D eigenvalue weighted by Gasteiger charge is 2.27. The van der Waals surface area contributed by atoms with Gasteiger partial charge in [0.1, 0.15) is 11.6 Å². The number of nitrogens with zero attached hydrogens (tertiary/aromatic N) is 3. The van der Waals surface area contributed by atoms with Gasteiger partial charge in [-0.2, -0.15) is 0 Å². The Labute approximate surface area is 161 Å². The van der Waals surface area contributed by atoms with Crippen LogP contribution in [-0.4, -0.2) is 46.3 Å². The standard InChI is InChI=1S/C18H22FN5O2S/c1-11-12(2)27-18(21-11)23-16(25)10-24-7-3-4-13(9-24)17(26)22-15-6-5-14(19)8-20-15/h5-6,8,13H,3-4,7,9-10H2,1-2H3,(H,20,22,26)(H,21,23,25). The van der Waals surface area contributed by atoms with Crippen LogP contribution in [0.2, 0.25) is 0 Å². The van der Waals surface area contributed by atoms with Gasteiger partial charge in [0.15, 0.2) is 5.13 Å². The molecule has 0 bridgehead atoms. The third-order valence-electron chi connectivity index (χ3n) is 4.50. The van der Waals surface area contributed by atoms with Crippen LogP contribution in [-0.2, 0) is 9.59 Å². The van der Waals surface area contributed by atoms with Crippen molar-refractivity contribution < 1.29 is 14.0 Å².